The van der Waals surface area contributed by atoms with Gasteiger partial charge in [-0.25, -0.2) is 9.97 Å². The summed E-state index contributed by atoms with van der Waals surface area (Å²) in [4.78, 5) is 8.60. The number of nitrogens with zero attached hydrogens (tertiary/aromatic N) is 4. The highest BCUT2D eigenvalue weighted by Crippen LogP contribution is 2.44. The van der Waals surface area contributed by atoms with Crippen molar-refractivity contribution in [2.24, 2.45) is 5.92 Å². The van der Waals surface area contributed by atoms with Crippen LogP contribution in [0.3, 0.4) is 0 Å². The first-order chi connectivity index (χ1) is 11.7. The zero-order chi connectivity index (χ0) is 16.3. The first-order valence-corrected chi connectivity index (χ1v) is 8.43. The minimum Gasteiger partial charge on any atom is -0.396 e. The van der Waals surface area contributed by atoms with Gasteiger partial charge in [0.15, 0.2) is 0 Å². The summed E-state index contributed by atoms with van der Waals surface area (Å²) in [6.07, 6.45) is 7.81. The second-order valence-electron chi connectivity index (χ2n) is 6.97. The summed E-state index contributed by atoms with van der Waals surface area (Å²) in [7, 11) is 0. The second-order valence-corrected chi connectivity index (χ2v) is 6.97. The van der Waals surface area contributed by atoms with Crippen LogP contribution in [0, 0.1) is 5.92 Å². The van der Waals surface area contributed by atoms with Gasteiger partial charge in [-0.05, 0) is 31.6 Å². The number of rotatable bonds is 4. The number of aliphatic hydroxyl groups excluding tert-OH is 1. The van der Waals surface area contributed by atoms with Gasteiger partial charge in [0.1, 0.15) is 29.2 Å². The molecule has 3 heterocycles. The zero-order valence-corrected chi connectivity index (χ0v) is 13.2. The Morgan fingerprint density at radius 1 is 1.29 bits per heavy atom. The van der Waals surface area contributed by atoms with Gasteiger partial charge < -0.3 is 19.9 Å². The highest BCUT2D eigenvalue weighted by molar-refractivity contribution is 5.99. The van der Waals surface area contributed by atoms with Gasteiger partial charge >= 0.3 is 0 Å². The number of fused-ring (bicyclic) bond motifs is 1. The fourth-order valence-electron chi connectivity index (χ4n) is 3.63. The van der Waals surface area contributed by atoms with Crippen LogP contribution in [-0.4, -0.2) is 31.4 Å². The van der Waals surface area contributed by atoms with Crippen molar-refractivity contribution in [3.05, 3.63) is 24.4 Å². The lowest BCUT2D eigenvalue weighted by Crippen LogP contribution is -2.28. The van der Waals surface area contributed by atoms with Crippen LogP contribution in [0.25, 0.3) is 22.3 Å². The predicted octanol–water partition coefficient (Wildman–Crippen LogP) is 2.49. The summed E-state index contributed by atoms with van der Waals surface area (Å²) in [5, 5.41) is 14.4. The Bertz CT molecular complexity index is 905. The molecule has 7 nitrogen and oxygen atoms in total. The van der Waals surface area contributed by atoms with Crippen LogP contribution in [0.5, 0.6) is 0 Å². The molecule has 0 aromatic carbocycles. The number of anilines is 1. The molecule has 3 aromatic rings. The van der Waals surface area contributed by atoms with Crippen LogP contribution in [-0.2, 0) is 0 Å². The smallest absolute Gasteiger partial charge is 0.146 e. The van der Waals surface area contributed by atoms with Crippen LogP contribution < -0.4 is 5.73 Å². The molecule has 5 rings (SSSR count). The molecule has 124 valence electrons. The number of hydrogen-bond donors (Lipinski definition) is 2. The number of aliphatic hydroxyl groups is 1. The molecule has 0 spiro atoms. The Morgan fingerprint density at radius 2 is 2.12 bits per heavy atom. The van der Waals surface area contributed by atoms with Crippen molar-refractivity contribution in [1.29, 1.82) is 0 Å². The monoisotopic (exact) mass is 325 g/mol. The molecule has 0 atom stereocenters. The molecule has 24 heavy (non-hydrogen) atoms. The fraction of sp³-hybridized carbons (Fsp3) is 0.471. The van der Waals surface area contributed by atoms with Gasteiger partial charge in [-0.1, -0.05) is 5.16 Å². The molecular formula is C17H19N5O2. The SMILES string of the molecule is Nc1ncnc2c1c(-c1cc(C3CC3)on1)cn2[C@H]1C[C@@H](CO)C1. The Kier molecular flexibility index (Phi) is 2.94. The third-order valence-electron chi connectivity index (χ3n) is 5.29. The molecule has 0 saturated heterocycles. The molecule has 0 aliphatic heterocycles. The lowest BCUT2D eigenvalue weighted by molar-refractivity contribution is 0.114. The van der Waals surface area contributed by atoms with Crippen LogP contribution in [0.2, 0.25) is 0 Å². The van der Waals surface area contributed by atoms with Gasteiger partial charge in [-0.2, -0.15) is 0 Å². The first kappa shape index (κ1) is 14.0. The molecule has 2 saturated carbocycles. The average Bonchev–Trinajstić information content (AvgIpc) is 3.15. The Balaban J connectivity index is 1.62. The van der Waals surface area contributed by atoms with Crippen molar-refractivity contribution in [3.63, 3.8) is 0 Å². The van der Waals surface area contributed by atoms with E-state index < -0.39 is 0 Å². The maximum atomic E-state index is 9.27. The van der Waals surface area contributed by atoms with E-state index >= 15 is 0 Å². The van der Waals surface area contributed by atoms with E-state index in [1.165, 1.54) is 19.2 Å². The third-order valence-corrected chi connectivity index (χ3v) is 5.29. The van der Waals surface area contributed by atoms with Crippen molar-refractivity contribution >= 4 is 16.9 Å². The van der Waals surface area contributed by atoms with Crippen molar-refractivity contribution < 1.29 is 9.63 Å². The van der Waals surface area contributed by atoms with E-state index in [1.807, 2.05) is 6.07 Å². The maximum Gasteiger partial charge on any atom is 0.146 e. The molecule has 2 aliphatic rings. The van der Waals surface area contributed by atoms with E-state index in [1.54, 1.807) is 0 Å². The van der Waals surface area contributed by atoms with E-state index in [0.29, 0.717) is 23.7 Å². The Hall–Kier alpha value is -2.41. The van der Waals surface area contributed by atoms with Crippen LogP contribution >= 0.6 is 0 Å². The van der Waals surface area contributed by atoms with Gasteiger partial charge in [0.05, 0.1) is 5.39 Å². The Morgan fingerprint density at radius 3 is 2.88 bits per heavy atom. The predicted molar refractivity (Wildman–Crippen MR) is 88.3 cm³/mol. The molecule has 2 fully saturated rings. The summed E-state index contributed by atoms with van der Waals surface area (Å²) in [5.41, 5.74) is 8.68. The zero-order valence-electron chi connectivity index (χ0n) is 13.2. The van der Waals surface area contributed by atoms with Gasteiger partial charge in [-0.3, -0.25) is 0 Å². The number of aromatic nitrogens is 4. The lowest BCUT2D eigenvalue weighted by Gasteiger charge is -2.35. The molecule has 0 unspecified atom stereocenters. The van der Waals surface area contributed by atoms with Crippen LogP contribution in [0.1, 0.15) is 43.4 Å². The molecule has 7 heteroatoms. The molecule has 0 amide bonds. The van der Waals surface area contributed by atoms with Crippen molar-refractivity contribution in [2.75, 3.05) is 12.3 Å². The van der Waals surface area contributed by atoms with Gasteiger partial charge in [0.25, 0.3) is 0 Å². The van der Waals surface area contributed by atoms with Gasteiger partial charge in [-0.15, -0.1) is 0 Å². The van der Waals surface area contributed by atoms with E-state index in [4.69, 9.17) is 10.3 Å². The molecule has 3 N–H and O–H groups in total. The first-order valence-electron chi connectivity index (χ1n) is 8.43. The quantitative estimate of drug-likeness (QED) is 0.764. The van der Waals surface area contributed by atoms with Crippen molar-refractivity contribution in [1.82, 2.24) is 19.7 Å². The lowest BCUT2D eigenvalue weighted by atomic mass is 9.81. The van der Waals surface area contributed by atoms with Gasteiger partial charge in [0.2, 0.25) is 0 Å². The van der Waals surface area contributed by atoms with E-state index in [-0.39, 0.29) is 6.61 Å². The summed E-state index contributed by atoms with van der Waals surface area (Å²) in [5.74, 6) is 2.31. The third kappa shape index (κ3) is 2.04. The average molecular weight is 325 g/mol. The molecule has 0 bridgehead atoms. The molecule has 2 aliphatic carbocycles. The van der Waals surface area contributed by atoms with E-state index in [9.17, 15) is 5.11 Å². The standard InChI is InChI=1S/C17H19N5O2/c18-16-15-12(13-5-14(24-21-13)10-1-2-10)6-22(17(15)20-8-19-16)11-3-9(4-11)7-23/h5-6,8-11,23H,1-4,7H2,(H2,18,19,20)/t9-,11+. The minimum absolute atomic E-state index is 0.244. The second kappa shape index (κ2) is 5.04. The van der Waals surface area contributed by atoms with E-state index in [2.05, 4.69) is 25.9 Å². The van der Waals surface area contributed by atoms with Crippen LogP contribution in [0.4, 0.5) is 5.82 Å². The fourth-order valence-corrected chi connectivity index (χ4v) is 3.63. The van der Waals surface area contributed by atoms with Gasteiger partial charge in [0, 0.05) is 36.4 Å². The highest BCUT2D eigenvalue weighted by Gasteiger charge is 2.33. The number of hydrogen-bond acceptors (Lipinski definition) is 6. The minimum atomic E-state index is 0.244. The largest absolute Gasteiger partial charge is 0.396 e. The summed E-state index contributed by atoms with van der Waals surface area (Å²) < 4.78 is 7.66. The van der Waals surface area contributed by atoms with Crippen LogP contribution in [0.15, 0.2) is 23.1 Å². The normalized spacial score (nSPS) is 23.5. The maximum absolute atomic E-state index is 9.27. The molecule has 0 radical (unpaired) electrons. The molecular weight excluding hydrogens is 306 g/mol. The number of nitrogens with two attached hydrogens (primary N) is 1. The summed E-state index contributed by atoms with van der Waals surface area (Å²) in [6, 6.07) is 2.35. The Labute approximate surface area is 138 Å². The topological polar surface area (TPSA) is 103 Å². The summed E-state index contributed by atoms with van der Waals surface area (Å²) >= 11 is 0. The van der Waals surface area contributed by atoms with E-state index in [0.717, 1.165) is 40.9 Å². The summed E-state index contributed by atoms with van der Waals surface area (Å²) in [6.45, 7) is 0.244. The number of nitrogen functional groups attached to an aromatic ring is 1. The van der Waals surface area contributed by atoms with Crippen molar-refractivity contribution in [2.45, 2.75) is 37.6 Å². The van der Waals surface area contributed by atoms with Crippen molar-refractivity contribution in [3.8, 4) is 11.3 Å². The molecule has 3 aromatic heterocycles. The highest BCUT2D eigenvalue weighted by atomic mass is 16.5.